The molecular formula is C58H60BBrF8N12O6. The van der Waals surface area contributed by atoms with Crippen LogP contribution in [0.1, 0.15) is 124 Å². The Morgan fingerprint density at radius 1 is 0.605 bits per heavy atom. The molecule has 7 heterocycles. The second-order valence-corrected chi connectivity index (χ2v) is 23.2. The lowest BCUT2D eigenvalue weighted by Crippen LogP contribution is -2.41. The molecule has 28 heteroatoms. The summed E-state index contributed by atoms with van der Waals surface area (Å²) in [5.74, 6) is -2.03. The highest BCUT2D eigenvalue weighted by molar-refractivity contribution is 9.10. The zero-order valence-electron chi connectivity index (χ0n) is 48.1. The summed E-state index contributed by atoms with van der Waals surface area (Å²) in [6.45, 7) is 11.7. The molecule has 2 amide bonds. The molecule has 6 aromatic heterocycles. The van der Waals surface area contributed by atoms with Gasteiger partial charge in [-0.1, -0.05) is 48.4 Å². The first kappa shape index (κ1) is 62.8. The second kappa shape index (κ2) is 24.6. The number of carbonyl (C=O) groups excluding carboxylic acids is 2. The lowest BCUT2D eigenvalue weighted by molar-refractivity contribution is -0.166. The van der Waals surface area contributed by atoms with Gasteiger partial charge in [-0.05, 0) is 116 Å². The lowest BCUT2D eigenvalue weighted by atomic mass is 9.78. The van der Waals surface area contributed by atoms with Crippen LogP contribution in [-0.2, 0) is 82.3 Å². The van der Waals surface area contributed by atoms with Crippen molar-refractivity contribution in [2.75, 3.05) is 10.6 Å². The third-order valence-electron chi connectivity index (χ3n) is 15.5. The Balaban J connectivity index is 0.000000166. The van der Waals surface area contributed by atoms with Crippen LogP contribution < -0.4 is 16.1 Å². The van der Waals surface area contributed by atoms with Gasteiger partial charge in [0, 0.05) is 92.9 Å². The minimum absolute atomic E-state index is 0.0839. The van der Waals surface area contributed by atoms with Crippen LogP contribution >= 0.6 is 15.9 Å². The highest BCUT2D eigenvalue weighted by Crippen LogP contribution is 2.60. The van der Waals surface area contributed by atoms with Crippen molar-refractivity contribution in [2.24, 2.45) is 14.1 Å². The van der Waals surface area contributed by atoms with E-state index in [1.165, 1.54) is 29.8 Å². The summed E-state index contributed by atoms with van der Waals surface area (Å²) in [5, 5.41) is 20.6. The smallest absolute Gasteiger partial charge is 0.399 e. The second-order valence-electron chi connectivity index (χ2n) is 22.3. The van der Waals surface area contributed by atoms with Crippen molar-refractivity contribution in [1.29, 1.82) is 0 Å². The number of aromatic nitrogens is 10. The van der Waals surface area contributed by atoms with Crippen molar-refractivity contribution < 1.29 is 63.1 Å². The first-order valence-corrected chi connectivity index (χ1v) is 28.2. The quantitative estimate of drug-likeness (QED) is 0.0680. The number of halogens is 9. The van der Waals surface area contributed by atoms with Crippen LogP contribution in [0.3, 0.4) is 0 Å². The molecule has 0 radical (unpaired) electrons. The van der Waals surface area contributed by atoms with Gasteiger partial charge < -0.3 is 29.0 Å². The van der Waals surface area contributed by atoms with E-state index in [1.54, 1.807) is 41.6 Å². The monoisotopic (exact) mass is 1260 g/mol. The normalized spacial score (nSPS) is 16.2. The number of aryl methyl sites for hydroxylation is 4. The van der Waals surface area contributed by atoms with Gasteiger partial charge in [0.25, 0.3) is 0 Å². The van der Waals surface area contributed by atoms with Gasteiger partial charge in [0.15, 0.2) is 23.2 Å². The molecule has 3 fully saturated rings. The van der Waals surface area contributed by atoms with Crippen LogP contribution in [0.25, 0.3) is 11.1 Å². The Hall–Kier alpha value is -7.72. The van der Waals surface area contributed by atoms with Crippen LogP contribution in [0.15, 0.2) is 99.2 Å². The number of alkyl halides is 6. The van der Waals surface area contributed by atoms with E-state index >= 15 is 0 Å². The minimum atomic E-state index is -4.46. The SMILES string of the molecule is CC1(C)OB(c2ccc(CC(=O)Nc3cc(C4(C(F)(F)F)CC4)on3)c(F)c2)OC1(C)C.CCc1nn(C)cc1Cc1ncc(-c2ccc(CC(=O)Nc3cc(C4(C(F)(F)F)CC4)on3)c(F)c2)cn1.CCc1nn(C)cc1Cc1ncc(Br)cn1. The van der Waals surface area contributed by atoms with E-state index in [0.29, 0.717) is 28.8 Å². The first-order valence-electron chi connectivity index (χ1n) is 27.4. The van der Waals surface area contributed by atoms with Gasteiger partial charge in [-0.15, -0.1) is 0 Å². The molecule has 2 saturated carbocycles. The lowest BCUT2D eigenvalue weighted by Gasteiger charge is -2.32. The van der Waals surface area contributed by atoms with E-state index < -0.39 is 65.0 Å². The third-order valence-corrected chi connectivity index (χ3v) is 15.9. The van der Waals surface area contributed by atoms with Crippen molar-refractivity contribution in [1.82, 2.24) is 49.8 Å². The number of benzene rings is 2. The van der Waals surface area contributed by atoms with Crippen molar-refractivity contribution in [3.63, 3.8) is 0 Å². The molecule has 0 atom stereocenters. The van der Waals surface area contributed by atoms with Gasteiger partial charge in [0.05, 0.1) is 39.9 Å². The maximum atomic E-state index is 14.8. The van der Waals surface area contributed by atoms with Gasteiger partial charge in [0.2, 0.25) is 11.8 Å². The van der Waals surface area contributed by atoms with Gasteiger partial charge in [-0.2, -0.15) is 36.5 Å². The summed E-state index contributed by atoms with van der Waals surface area (Å²) < 4.78 is 135. The Morgan fingerprint density at radius 3 is 1.42 bits per heavy atom. The van der Waals surface area contributed by atoms with Gasteiger partial charge in [0.1, 0.15) is 34.1 Å². The summed E-state index contributed by atoms with van der Waals surface area (Å²) >= 11 is 3.32. The highest BCUT2D eigenvalue weighted by atomic mass is 79.9. The largest absolute Gasteiger partial charge is 0.494 e. The van der Waals surface area contributed by atoms with Gasteiger partial charge in [-0.3, -0.25) is 19.0 Å². The molecule has 2 aliphatic carbocycles. The molecule has 0 spiro atoms. The average Bonchev–Trinajstić information content (AvgIpc) is 1.64. The standard InChI is InChI=1S/C26H24F4N6O2.C21H23BF4N2O4.C11H13BrN4/c1-3-20-17(14-36(2)34-20)9-22-31-12-18(13-32-22)15-4-5-16(19(27)8-15)10-24(37)33-23-11-21(38-35-23)25(6-7-25)26(28,29)30;1-18(2)19(3,4)32-22(31-18)13-6-5-12(14(23)10-13)9-17(29)27-16-11-15(30-28-16)20(7-8-20)21(24,25)26;1-3-10-8(7-16(2)15-10)4-11-13-5-9(12)6-14-11/h4-5,8,11-14H,3,6-7,9-10H2,1-2H3,(H,33,35,37);5-6,10-11H,7-9H2,1-4H3,(H,27,28,29);5-7H,3-4H2,1-2H3. The van der Waals surface area contributed by atoms with Crippen LogP contribution in [0.5, 0.6) is 0 Å². The molecule has 1 saturated heterocycles. The minimum Gasteiger partial charge on any atom is -0.399 e. The van der Waals surface area contributed by atoms with Gasteiger partial charge in [-0.25, -0.2) is 28.7 Å². The average molecular weight is 1260 g/mol. The number of amides is 2. The fourth-order valence-electron chi connectivity index (χ4n) is 9.56. The molecule has 2 aromatic carbocycles. The zero-order valence-corrected chi connectivity index (χ0v) is 49.6. The molecule has 454 valence electrons. The van der Waals surface area contributed by atoms with Gasteiger partial charge >= 0.3 is 19.5 Å². The third kappa shape index (κ3) is 14.1. The molecular weight excluding hydrogens is 1200 g/mol. The summed E-state index contributed by atoms with van der Waals surface area (Å²) in [6, 6.07) is 10.8. The van der Waals surface area contributed by atoms with E-state index in [-0.39, 0.29) is 72.8 Å². The van der Waals surface area contributed by atoms with Crippen LogP contribution in [-0.4, -0.2) is 92.3 Å². The van der Waals surface area contributed by atoms with Crippen LogP contribution in [0.2, 0.25) is 0 Å². The predicted molar refractivity (Wildman–Crippen MR) is 302 cm³/mol. The Bertz CT molecular complexity index is 3710. The van der Waals surface area contributed by atoms with Crippen molar-refractivity contribution in [3.8, 4) is 11.1 Å². The van der Waals surface area contributed by atoms with E-state index in [1.807, 2.05) is 65.8 Å². The van der Waals surface area contributed by atoms with Crippen molar-refractivity contribution in [3.05, 3.63) is 159 Å². The Morgan fingerprint density at radius 2 is 1.02 bits per heavy atom. The summed E-state index contributed by atoms with van der Waals surface area (Å²) in [4.78, 5) is 42.0. The van der Waals surface area contributed by atoms with Crippen LogP contribution in [0.4, 0.5) is 46.8 Å². The number of nitrogens with one attached hydrogen (secondary N) is 2. The number of anilines is 2. The fraction of sp³-hybridized carbons (Fsp3) is 0.414. The Labute approximate surface area is 497 Å². The summed E-state index contributed by atoms with van der Waals surface area (Å²) in [5.41, 5.74) is 0.992. The molecule has 3 aliphatic rings. The maximum Gasteiger partial charge on any atom is 0.494 e. The number of hydrogen-bond donors (Lipinski definition) is 2. The summed E-state index contributed by atoms with van der Waals surface area (Å²) in [7, 11) is 3.06. The van der Waals surface area contributed by atoms with E-state index in [2.05, 4.69) is 73.9 Å². The predicted octanol–water partition coefficient (Wildman–Crippen LogP) is 10.9. The van der Waals surface area contributed by atoms with E-state index in [4.69, 9.17) is 18.4 Å². The zero-order chi connectivity index (χ0) is 62.1. The van der Waals surface area contributed by atoms with E-state index in [0.717, 1.165) is 58.6 Å². The molecule has 0 bridgehead atoms. The molecule has 8 aromatic rings. The van der Waals surface area contributed by atoms with Crippen LogP contribution in [0, 0.1) is 11.6 Å². The fourth-order valence-corrected chi connectivity index (χ4v) is 9.76. The Kier molecular flexibility index (Phi) is 17.9. The highest BCUT2D eigenvalue weighted by Gasteiger charge is 2.68. The first-order chi connectivity index (χ1) is 40.5. The maximum absolute atomic E-state index is 14.8. The number of carbonyl (C=O) groups is 2. The number of hydrogen-bond acceptors (Lipinski definition) is 14. The molecule has 18 nitrogen and oxygen atoms in total. The summed E-state index contributed by atoms with van der Waals surface area (Å²) in [6.07, 6.45) is 3.83. The molecule has 86 heavy (non-hydrogen) atoms. The number of rotatable bonds is 16. The topological polar surface area (TPSA) is 216 Å². The molecule has 1 aliphatic heterocycles. The molecule has 2 N–H and O–H groups in total. The van der Waals surface area contributed by atoms with Crippen molar-refractivity contribution in [2.45, 2.75) is 140 Å². The molecule has 0 unspecified atom stereocenters. The molecule has 11 rings (SSSR count). The van der Waals surface area contributed by atoms with E-state index in [9.17, 15) is 44.7 Å². The van der Waals surface area contributed by atoms with Crippen molar-refractivity contribution >= 4 is 52.0 Å². The number of nitrogens with zero attached hydrogens (tertiary/aromatic N) is 10.